The molecule has 4 atom stereocenters. The van der Waals surface area contributed by atoms with Gasteiger partial charge in [-0.2, -0.15) is 0 Å². The van der Waals surface area contributed by atoms with Crippen molar-refractivity contribution in [3.8, 4) is 0 Å². The fourth-order valence-corrected chi connectivity index (χ4v) is 3.13. The largest absolute Gasteiger partial charge is 0.300 e. The van der Waals surface area contributed by atoms with Gasteiger partial charge in [-0.05, 0) is 50.2 Å². The van der Waals surface area contributed by atoms with E-state index >= 15 is 0 Å². The van der Waals surface area contributed by atoms with Crippen LogP contribution < -0.4 is 0 Å². The molecule has 2 saturated carbocycles. The predicted octanol–water partition coefficient (Wildman–Crippen LogP) is 2.09. The fourth-order valence-electron chi connectivity index (χ4n) is 3.00. The molecule has 2 rings (SSSR count). The maximum absolute atomic E-state index is 11.3. The Morgan fingerprint density at radius 2 is 2.23 bits per heavy atom. The molecule has 0 saturated heterocycles. The lowest BCUT2D eigenvalue weighted by molar-refractivity contribution is -0.122. The number of Topliss-reactive ketones (excluding diaryl/α,β-unsaturated/α-hetero) is 1. The highest BCUT2D eigenvalue weighted by Crippen LogP contribution is 2.49. The average Bonchev–Trinajstić information content (AvgIpc) is 2.62. The van der Waals surface area contributed by atoms with Gasteiger partial charge in [0, 0.05) is 5.92 Å². The molecular formula is C10H13NOS. The first-order valence-corrected chi connectivity index (χ1v) is 5.20. The second-order valence-electron chi connectivity index (χ2n) is 4.24. The van der Waals surface area contributed by atoms with Crippen LogP contribution in [0.4, 0.5) is 0 Å². The number of fused-ring (bicyclic) bond motifs is 2. The number of aliphatic imine (C=N–C) groups is 1. The number of carbonyl (C=O) groups is 1. The number of thiocarbonyl (C=S) groups is 1. The molecule has 0 unspecified atom stereocenters. The summed E-state index contributed by atoms with van der Waals surface area (Å²) in [6.45, 7) is 1.70. The zero-order chi connectivity index (χ0) is 9.42. The summed E-state index contributed by atoms with van der Waals surface area (Å²) in [7, 11) is 0. The minimum absolute atomic E-state index is 0.260. The van der Waals surface area contributed by atoms with Crippen molar-refractivity contribution in [3.63, 3.8) is 0 Å². The minimum Gasteiger partial charge on any atom is -0.300 e. The molecule has 0 spiro atoms. The number of ketones is 1. The maximum atomic E-state index is 11.3. The normalized spacial score (nSPS) is 41.6. The Kier molecular flexibility index (Phi) is 2.31. The minimum atomic E-state index is 0.260. The third-order valence-corrected chi connectivity index (χ3v) is 3.62. The van der Waals surface area contributed by atoms with Crippen molar-refractivity contribution >= 4 is 23.2 Å². The van der Waals surface area contributed by atoms with Crippen molar-refractivity contribution in [3.05, 3.63) is 0 Å². The lowest BCUT2D eigenvalue weighted by atomic mass is 9.83. The summed E-state index contributed by atoms with van der Waals surface area (Å²) in [5.74, 6) is 1.78. The molecule has 0 heterocycles. The van der Waals surface area contributed by atoms with Gasteiger partial charge < -0.3 is 0 Å². The van der Waals surface area contributed by atoms with Crippen LogP contribution in [0.3, 0.4) is 0 Å². The first-order chi connectivity index (χ1) is 6.22. The number of hydrogen-bond acceptors (Lipinski definition) is 3. The Balaban J connectivity index is 2.14. The molecule has 70 valence electrons. The van der Waals surface area contributed by atoms with Crippen molar-refractivity contribution in [2.24, 2.45) is 22.7 Å². The number of carbonyl (C=O) groups excluding carboxylic acids is 1. The molecule has 2 aliphatic carbocycles. The van der Waals surface area contributed by atoms with Crippen LogP contribution in [0.2, 0.25) is 0 Å². The Hall–Kier alpha value is -0.530. The highest BCUT2D eigenvalue weighted by molar-refractivity contribution is 7.78. The first-order valence-electron chi connectivity index (χ1n) is 4.79. The van der Waals surface area contributed by atoms with E-state index < -0.39 is 0 Å². The third-order valence-electron chi connectivity index (χ3n) is 3.52. The van der Waals surface area contributed by atoms with Crippen LogP contribution in [-0.4, -0.2) is 17.0 Å². The molecule has 0 aromatic carbocycles. The third kappa shape index (κ3) is 1.47. The topological polar surface area (TPSA) is 29.4 Å². The lowest BCUT2D eigenvalue weighted by Crippen LogP contribution is -2.27. The molecule has 13 heavy (non-hydrogen) atoms. The monoisotopic (exact) mass is 195 g/mol. The van der Waals surface area contributed by atoms with E-state index in [4.69, 9.17) is 0 Å². The van der Waals surface area contributed by atoms with Gasteiger partial charge in [-0.15, -0.1) is 0 Å². The molecule has 2 nitrogen and oxygen atoms in total. The van der Waals surface area contributed by atoms with Crippen molar-refractivity contribution in [1.82, 2.24) is 0 Å². The van der Waals surface area contributed by atoms with Crippen LogP contribution in [-0.2, 0) is 4.79 Å². The highest BCUT2D eigenvalue weighted by atomic mass is 32.1. The molecule has 0 aliphatic heterocycles. The molecule has 0 radical (unpaired) electrons. The van der Waals surface area contributed by atoms with Gasteiger partial charge in [0.2, 0.25) is 0 Å². The van der Waals surface area contributed by atoms with E-state index in [9.17, 15) is 4.79 Å². The van der Waals surface area contributed by atoms with E-state index in [1.165, 1.54) is 6.42 Å². The summed E-state index contributed by atoms with van der Waals surface area (Å²) in [4.78, 5) is 15.4. The molecule has 0 aromatic heterocycles. The van der Waals surface area contributed by atoms with Crippen LogP contribution in [0, 0.1) is 17.8 Å². The standard InChI is InChI=1S/C10H13NOS/c1-6(12)8-2-7-3-9(8)10(4-7)11-5-13/h7-10H,2-4H2,1H3/t7-,8-,9-,10+/m0/s1. The number of isothiocyanates is 1. The zero-order valence-electron chi connectivity index (χ0n) is 7.69. The van der Waals surface area contributed by atoms with Crippen LogP contribution >= 0.6 is 12.2 Å². The van der Waals surface area contributed by atoms with Gasteiger partial charge >= 0.3 is 0 Å². The predicted molar refractivity (Wildman–Crippen MR) is 53.8 cm³/mol. The van der Waals surface area contributed by atoms with E-state index in [2.05, 4.69) is 22.4 Å². The van der Waals surface area contributed by atoms with Gasteiger partial charge in [0.1, 0.15) is 5.78 Å². The highest BCUT2D eigenvalue weighted by Gasteiger charge is 2.47. The molecule has 2 fully saturated rings. The summed E-state index contributed by atoms with van der Waals surface area (Å²) in [6, 6.07) is 0.296. The Morgan fingerprint density at radius 1 is 1.46 bits per heavy atom. The zero-order valence-corrected chi connectivity index (χ0v) is 8.51. The van der Waals surface area contributed by atoms with Crippen molar-refractivity contribution in [2.45, 2.75) is 32.2 Å². The first kappa shape index (κ1) is 9.04. The number of hydrogen-bond donors (Lipinski definition) is 0. The van der Waals surface area contributed by atoms with Gasteiger partial charge in [-0.25, -0.2) is 4.99 Å². The van der Waals surface area contributed by atoms with Gasteiger partial charge in [-0.3, -0.25) is 4.79 Å². The van der Waals surface area contributed by atoms with E-state index in [0.29, 0.717) is 17.7 Å². The summed E-state index contributed by atoms with van der Waals surface area (Å²) < 4.78 is 0. The summed E-state index contributed by atoms with van der Waals surface area (Å²) in [5, 5.41) is 2.45. The van der Waals surface area contributed by atoms with Gasteiger partial charge in [-0.1, -0.05) is 0 Å². The summed E-state index contributed by atoms with van der Waals surface area (Å²) >= 11 is 4.61. The fraction of sp³-hybridized carbons (Fsp3) is 0.800. The molecule has 0 aromatic rings. The Morgan fingerprint density at radius 3 is 2.77 bits per heavy atom. The van der Waals surface area contributed by atoms with Crippen LogP contribution in [0.25, 0.3) is 0 Å². The van der Waals surface area contributed by atoms with E-state index in [0.717, 1.165) is 18.8 Å². The van der Waals surface area contributed by atoms with Crippen LogP contribution in [0.15, 0.2) is 4.99 Å². The molecule has 3 heteroatoms. The number of nitrogens with zero attached hydrogens (tertiary/aromatic N) is 1. The van der Waals surface area contributed by atoms with E-state index in [1.807, 2.05) is 0 Å². The Bertz CT molecular complexity index is 271. The van der Waals surface area contributed by atoms with E-state index in [1.54, 1.807) is 6.92 Å². The number of rotatable bonds is 2. The summed E-state index contributed by atoms with van der Waals surface area (Å²) in [5.41, 5.74) is 0. The van der Waals surface area contributed by atoms with Crippen molar-refractivity contribution in [1.29, 1.82) is 0 Å². The lowest BCUT2D eigenvalue weighted by Gasteiger charge is -2.23. The second-order valence-corrected chi connectivity index (χ2v) is 4.42. The molecule has 2 aliphatic rings. The smallest absolute Gasteiger partial charge is 0.133 e. The van der Waals surface area contributed by atoms with Gasteiger partial charge in [0.15, 0.2) is 0 Å². The van der Waals surface area contributed by atoms with Gasteiger partial charge in [0.25, 0.3) is 0 Å². The molecule has 0 N–H and O–H groups in total. The summed E-state index contributed by atoms with van der Waals surface area (Å²) in [6.07, 6.45) is 3.39. The Labute approximate surface area is 83.4 Å². The molecule has 2 bridgehead atoms. The van der Waals surface area contributed by atoms with Crippen LogP contribution in [0.1, 0.15) is 26.2 Å². The quantitative estimate of drug-likeness (QED) is 0.499. The van der Waals surface area contributed by atoms with Crippen molar-refractivity contribution < 1.29 is 4.79 Å². The SMILES string of the molecule is CC(=O)[C@@H]1C[C@H]2C[C@@H]1[C@H](N=C=S)C2. The molecule has 0 amide bonds. The maximum Gasteiger partial charge on any atom is 0.133 e. The van der Waals surface area contributed by atoms with Crippen LogP contribution in [0.5, 0.6) is 0 Å². The average molecular weight is 195 g/mol. The van der Waals surface area contributed by atoms with E-state index in [-0.39, 0.29) is 5.92 Å². The molecular weight excluding hydrogens is 182 g/mol. The van der Waals surface area contributed by atoms with Crippen molar-refractivity contribution in [2.75, 3.05) is 0 Å². The second kappa shape index (κ2) is 3.32. The van der Waals surface area contributed by atoms with Gasteiger partial charge in [0.05, 0.1) is 11.2 Å².